The molecular formula is C31H21FN2O4S. The van der Waals surface area contributed by atoms with E-state index >= 15 is 0 Å². The Bertz CT molecular complexity index is 1730. The lowest BCUT2D eigenvalue weighted by Gasteiger charge is -2.23. The van der Waals surface area contributed by atoms with E-state index in [0.717, 1.165) is 16.9 Å². The number of halogens is 1. The molecule has 0 spiro atoms. The molecule has 1 aliphatic rings. The predicted octanol–water partition coefficient (Wildman–Crippen LogP) is 6.64. The zero-order chi connectivity index (χ0) is 26.9. The van der Waals surface area contributed by atoms with Crippen molar-refractivity contribution in [1.82, 2.24) is 4.98 Å². The van der Waals surface area contributed by atoms with Crippen LogP contribution < -0.4 is 9.64 Å². The van der Waals surface area contributed by atoms with Crippen LogP contribution in [0.1, 0.15) is 22.7 Å². The summed E-state index contributed by atoms with van der Waals surface area (Å²) in [6.07, 6.45) is 0. The molecule has 0 aliphatic carbocycles. The first kappa shape index (κ1) is 24.5. The molecule has 1 fully saturated rings. The maximum absolute atomic E-state index is 13.9. The summed E-state index contributed by atoms with van der Waals surface area (Å²) in [5.74, 6) is -1.84. The van der Waals surface area contributed by atoms with Crippen molar-refractivity contribution in [2.75, 3.05) is 4.90 Å². The number of aromatic nitrogens is 1. The number of thiazole rings is 1. The van der Waals surface area contributed by atoms with Gasteiger partial charge in [0.05, 0.1) is 21.8 Å². The maximum Gasteiger partial charge on any atom is 0.301 e. The molecule has 1 N–H and O–H groups in total. The number of Topliss-reactive ketones (excluding diaryl/α,β-unsaturated/α-hetero) is 1. The number of aliphatic hydroxyl groups excluding tert-OH is 1. The van der Waals surface area contributed by atoms with Crippen LogP contribution in [0.15, 0.2) is 109 Å². The van der Waals surface area contributed by atoms with Crippen molar-refractivity contribution in [2.24, 2.45) is 0 Å². The van der Waals surface area contributed by atoms with Gasteiger partial charge in [0.2, 0.25) is 0 Å². The van der Waals surface area contributed by atoms with E-state index in [-0.39, 0.29) is 16.5 Å². The molecule has 6 nitrogen and oxygen atoms in total. The highest BCUT2D eigenvalue weighted by molar-refractivity contribution is 7.22. The molecule has 8 heteroatoms. The topological polar surface area (TPSA) is 79.7 Å². The quantitative estimate of drug-likeness (QED) is 0.150. The number of amides is 1. The molecule has 1 unspecified atom stereocenters. The lowest BCUT2D eigenvalue weighted by Crippen LogP contribution is -2.29. The van der Waals surface area contributed by atoms with Gasteiger partial charge >= 0.3 is 5.91 Å². The van der Waals surface area contributed by atoms with E-state index in [1.54, 1.807) is 54.6 Å². The zero-order valence-electron chi connectivity index (χ0n) is 20.5. The fraction of sp³-hybridized carbons (Fsp3) is 0.0645. The van der Waals surface area contributed by atoms with Gasteiger partial charge in [-0.2, -0.15) is 0 Å². The molecule has 6 rings (SSSR count). The predicted molar refractivity (Wildman–Crippen MR) is 148 cm³/mol. The molecule has 2 heterocycles. The molecule has 1 amide bonds. The molecule has 4 aromatic carbocycles. The van der Waals surface area contributed by atoms with E-state index in [4.69, 9.17) is 4.74 Å². The van der Waals surface area contributed by atoms with Gasteiger partial charge < -0.3 is 9.84 Å². The fourth-order valence-electron chi connectivity index (χ4n) is 4.60. The van der Waals surface area contributed by atoms with Crippen LogP contribution in [0.5, 0.6) is 5.75 Å². The Morgan fingerprint density at radius 3 is 2.44 bits per heavy atom. The van der Waals surface area contributed by atoms with E-state index in [9.17, 15) is 19.1 Å². The van der Waals surface area contributed by atoms with Gasteiger partial charge in [0.1, 0.15) is 23.9 Å². The Labute approximate surface area is 227 Å². The van der Waals surface area contributed by atoms with Crippen LogP contribution in [0.3, 0.4) is 0 Å². The van der Waals surface area contributed by atoms with E-state index in [0.29, 0.717) is 33.7 Å². The van der Waals surface area contributed by atoms with Gasteiger partial charge in [-0.3, -0.25) is 14.5 Å². The molecule has 0 bridgehead atoms. The summed E-state index contributed by atoms with van der Waals surface area (Å²) in [5.41, 5.74) is 2.39. The molecule has 0 radical (unpaired) electrons. The Kier molecular flexibility index (Phi) is 6.38. The molecule has 39 heavy (non-hydrogen) atoms. The average molecular weight is 537 g/mol. The minimum absolute atomic E-state index is 0.0585. The Balaban J connectivity index is 1.47. The minimum Gasteiger partial charge on any atom is -0.507 e. The molecule has 1 aromatic heterocycles. The average Bonchev–Trinajstić information content (AvgIpc) is 3.50. The van der Waals surface area contributed by atoms with Gasteiger partial charge in [-0.1, -0.05) is 84.1 Å². The van der Waals surface area contributed by atoms with Crippen LogP contribution in [0, 0.1) is 5.82 Å². The van der Waals surface area contributed by atoms with Gasteiger partial charge in [0, 0.05) is 5.56 Å². The SMILES string of the molecule is O=C1C(=O)N(c2nc3ccc(F)cc3s2)C(c2cccc(OCc3ccccc3)c2)/C1=C(\O)c1ccccc1. The second-order valence-electron chi connectivity index (χ2n) is 8.99. The summed E-state index contributed by atoms with van der Waals surface area (Å²) < 4.78 is 20.4. The van der Waals surface area contributed by atoms with Crippen molar-refractivity contribution < 1.29 is 23.8 Å². The van der Waals surface area contributed by atoms with Gasteiger partial charge in [-0.15, -0.1) is 0 Å². The number of hydrogen-bond donors (Lipinski definition) is 1. The van der Waals surface area contributed by atoms with Gasteiger partial charge in [0.15, 0.2) is 5.13 Å². The highest BCUT2D eigenvalue weighted by Gasteiger charge is 2.48. The van der Waals surface area contributed by atoms with E-state index < -0.39 is 23.5 Å². The van der Waals surface area contributed by atoms with E-state index in [2.05, 4.69) is 4.98 Å². The maximum atomic E-state index is 13.9. The van der Waals surface area contributed by atoms with Crippen molar-refractivity contribution in [3.05, 3.63) is 131 Å². The number of nitrogens with zero attached hydrogens (tertiary/aromatic N) is 2. The molecule has 5 aromatic rings. The van der Waals surface area contributed by atoms with Crippen molar-refractivity contribution >= 4 is 44.1 Å². The molecule has 0 saturated carbocycles. The van der Waals surface area contributed by atoms with Crippen LogP contribution >= 0.6 is 11.3 Å². The van der Waals surface area contributed by atoms with Crippen LogP contribution in [0.25, 0.3) is 16.0 Å². The summed E-state index contributed by atoms with van der Waals surface area (Å²) in [6, 6.07) is 28.5. The number of anilines is 1. The number of ether oxygens (including phenoxy) is 1. The van der Waals surface area contributed by atoms with Crippen LogP contribution in [0.2, 0.25) is 0 Å². The fourth-order valence-corrected chi connectivity index (χ4v) is 5.62. The van der Waals surface area contributed by atoms with Crippen molar-refractivity contribution in [1.29, 1.82) is 0 Å². The standard InChI is InChI=1S/C31H21FN2O4S/c32-22-14-15-24-25(17-22)39-31(33-24)34-27(26(29(36)30(34)37)28(35)20-10-5-2-6-11-20)21-12-7-13-23(16-21)38-18-19-8-3-1-4-9-19/h1-17,27,35H,18H2/b28-26+. The number of rotatable bonds is 6. The molecule has 1 atom stereocenters. The normalized spacial score (nSPS) is 16.6. The van der Waals surface area contributed by atoms with Crippen molar-refractivity contribution in [3.63, 3.8) is 0 Å². The number of hydrogen-bond acceptors (Lipinski definition) is 6. The Morgan fingerprint density at radius 2 is 1.67 bits per heavy atom. The van der Waals surface area contributed by atoms with Gasteiger partial charge in [-0.25, -0.2) is 9.37 Å². The summed E-state index contributed by atoms with van der Waals surface area (Å²) in [7, 11) is 0. The third-order valence-electron chi connectivity index (χ3n) is 6.46. The largest absolute Gasteiger partial charge is 0.507 e. The number of carbonyl (C=O) groups excluding carboxylic acids is 2. The summed E-state index contributed by atoms with van der Waals surface area (Å²) in [5, 5.41) is 11.5. The first-order valence-electron chi connectivity index (χ1n) is 12.2. The lowest BCUT2D eigenvalue weighted by atomic mass is 9.95. The number of fused-ring (bicyclic) bond motifs is 1. The first-order valence-corrected chi connectivity index (χ1v) is 13.0. The molecule has 1 aliphatic heterocycles. The van der Waals surface area contributed by atoms with Crippen LogP contribution in [0.4, 0.5) is 9.52 Å². The highest BCUT2D eigenvalue weighted by Crippen LogP contribution is 2.44. The zero-order valence-corrected chi connectivity index (χ0v) is 21.3. The molecular weight excluding hydrogens is 515 g/mol. The monoisotopic (exact) mass is 536 g/mol. The van der Waals surface area contributed by atoms with Crippen LogP contribution in [-0.4, -0.2) is 21.8 Å². The minimum atomic E-state index is -0.976. The second kappa shape index (κ2) is 10.2. The van der Waals surface area contributed by atoms with Gasteiger partial charge in [0.25, 0.3) is 5.78 Å². The molecule has 192 valence electrons. The number of benzene rings is 4. The highest BCUT2D eigenvalue weighted by atomic mass is 32.1. The smallest absolute Gasteiger partial charge is 0.301 e. The third-order valence-corrected chi connectivity index (χ3v) is 7.48. The lowest BCUT2D eigenvalue weighted by molar-refractivity contribution is -0.132. The van der Waals surface area contributed by atoms with E-state index in [1.807, 2.05) is 30.3 Å². The van der Waals surface area contributed by atoms with E-state index in [1.165, 1.54) is 23.1 Å². The number of ketones is 1. The van der Waals surface area contributed by atoms with Crippen molar-refractivity contribution in [3.8, 4) is 5.75 Å². The molecule has 1 saturated heterocycles. The number of aliphatic hydroxyl groups is 1. The van der Waals surface area contributed by atoms with Crippen molar-refractivity contribution in [2.45, 2.75) is 12.6 Å². The number of carbonyl (C=O) groups is 2. The third kappa shape index (κ3) is 4.66. The van der Waals surface area contributed by atoms with Gasteiger partial charge in [-0.05, 0) is 41.5 Å². The Morgan fingerprint density at radius 1 is 0.923 bits per heavy atom. The second-order valence-corrected chi connectivity index (χ2v) is 10.00. The van der Waals surface area contributed by atoms with Crippen LogP contribution in [-0.2, 0) is 16.2 Å². The summed E-state index contributed by atoms with van der Waals surface area (Å²) in [4.78, 5) is 32.7. The summed E-state index contributed by atoms with van der Waals surface area (Å²) in [6.45, 7) is 0.331. The summed E-state index contributed by atoms with van der Waals surface area (Å²) >= 11 is 1.10. The Hall–Kier alpha value is -4.82. The first-order chi connectivity index (χ1) is 19.0.